The Bertz CT molecular complexity index is 1200. The van der Waals surface area contributed by atoms with Crippen LogP contribution < -0.4 is 23.7 Å². The van der Waals surface area contributed by atoms with Crippen molar-refractivity contribution in [2.75, 3.05) is 41.6 Å². The lowest BCUT2D eigenvalue weighted by Crippen LogP contribution is -2.32. The second-order valence-electron chi connectivity index (χ2n) is 8.40. The van der Waals surface area contributed by atoms with Gasteiger partial charge in [-0.2, -0.15) is 0 Å². The highest BCUT2D eigenvalue weighted by atomic mass is 16.5. The molecule has 3 aromatic carbocycles. The van der Waals surface area contributed by atoms with Crippen molar-refractivity contribution in [2.45, 2.75) is 19.4 Å². The summed E-state index contributed by atoms with van der Waals surface area (Å²) in [6.45, 7) is 0.296. The van der Waals surface area contributed by atoms with Crippen molar-refractivity contribution in [1.82, 2.24) is 4.90 Å². The average molecular weight is 524 g/mol. The fourth-order valence-electron chi connectivity index (χ4n) is 4.05. The van der Waals surface area contributed by atoms with Crippen LogP contribution >= 0.6 is 0 Å². The van der Waals surface area contributed by atoms with E-state index < -0.39 is 12.6 Å². The zero-order chi connectivity index (χ0) is 27.5. The van der Waals surface area contributed by atoms with Gasteiger partial charge in [0.2, 0.25) is 5.75 Å². The van der Waals surface area contributed by atoms with Gasteiger partial charge in [-0.15, -0.1) is 0 Å². The number of hydrogen-bond acceptors (Lipinski definition) is 7. The summed E-state index contributed by atoms with van der Waals surface area (Å²) in [5, 5.41) is 8.92. The minimum Gasteiger partial charge on any atom is -0.493 e. The predicted octanol–water partition coefficient (Wildman–Crippen LogP) is 4.46. The molecule has 0 unspecified atom stereocenters. The summed E-state index contributed by atoms with van der Waals surface area (Å²) in [6, 6.07) is 18.5. The molecule has 0 radical (unpaired) electrons. The summed E-state index contributed by atoms with van der Waals surface area (Å²) in [5.41, 5.74) is 2.38. The molecule has 0 atom stereocenters. The summed E-state index contributed by atoms with van der Waals surface area (Å²) in [7, 11) is 5.99. The van der Waals surface area contributed by atoms with Gasteiger partial charge in [0, 0.05) is 18.7 Å². The third-order valence-electron chi connectivity index (χ3n) is 5.89. The fourth-order valence-corrected chi connectivity index (χ4v) is 4.05. The molecule has 9 nitrogen and oxygen atoms in total. The lowest BCUT2D eigenvalue weighted by atomic mass is 10.1. The van der Waals surface area contributed by atoms with Crippen LogP contribution in [0.1, 0.15) is 27.9 Å². The largest absolute Gasteiger partial charge is 0.493 e. The molecule has 9 heteroatoms. The Labute approximate surface area is 222 Å². The van der Waals surface area contributed by atoms with Crippen LogP contribution in [0.4, 0.5) is 0 Å². The van der Waals surface area contributed by atoms with Gasteiger partial charge in [-0.05, 0) is 48.2 Å². The van der Waals surface area contributed by atoms with E-state index in [4.69, 9.17) is 28.8 Å². The molecule has 0 spiro atoms. The van der Waals surface area contributed by atoms with Gasteiger partial charge >= 0.3 is 5.97 Å². The van der Waals surface area contributed by atoms with Gasteiger partial charge in [0.1, 0.15) is 0 Å². The molecule has 0 bridgehead atoms. The van der Waals surface area contributed by atoms with Gasteiger partial charge in [-0.25, -0.2) is 4.79 Å². The van der Waals surface area contributed by atoms with Gasteiger partial charge in [0.15, 0.2) is 29.6 Å². The molecule has 0 heterocycles. The molecule has 3 aromatic rings. The fraction of sp³-hybridized carbons (Fsp3) is 0.310. The van der Waals surface area contributed by atoms with E-state index in [-0.39, 0.29) is 5.91 Å². The average Bonchev–Trinajstić information content (AvgIpc) is 2.94. The van der Waals surface area contributed by atoms with Crippen molar-refractivity contribution in [3.63, 3.8) is 0 Å². The Morgan fingerprint density at radius 3 is 2.00 bits per heavy atom. The predicted molar refractivity (Wildman–Crippen MR) is 142 cm³/mol. The number of aryl methyl sites for hydroxylation is 1. The van der Waals surface area contributed by atoms with Crippen molar-refractivity contribution in [3.8, 4) is 28.7 Å². The first-order valence-electron chi connectivity index (χ1n) is 12.0. The maximum atomic E-state index is 13.8. The highest BCUT2D eigenvalue weighted by Gasteiger charge is 2.22. The van der Waals surface area contributed by atoms with Crippen LogP contribution in [-0.4, -0.2) is 63.5 Å². The Morgan fingerprint density at radius 2 is 1.42 bits per heavy atom. The highest BCUT2D eigenvalue weighted by molar-refractivity contribution is 5.95. The van der Waals surface area contributed by atoms with Crippen LogP contribution in [0.2, 0.25) is 0 Å². The van der Waals surface area contributed by atoms with E-state index in [1.54, 1.807) is 35.2 Å². The lowest BCUT2D eigenvalue weighted by molar-refractivity contribution is -0.139. The molecule has 1 amide bonds. The first-order chi connectivity index (χ1) is 18.4. The molecule has 0 aromatic heterocycles. The number of hydrogen-bond donors (Lipinski definition) is 1. The minimum absolute atomic E-state index is 0.206. The smallest absolute Gasteiger partial charge is 0.341 e. The molecule has 1 N–H and O–H groups in total. The van der Waals surface area contributed by atoms with Crippen LogP contribution in [0.15, 0.2) is 60.7 Å². The first kappa shape index (κ1) is 28.2. The number of aliphatic carboxylic acids is 1. The van der Waals surface area contributed by atoms with Crippen molar-refractivity contribution in [3.05, 3.63) is 77.4 Å². The summed E-state index contributed by atoms with van der Waals surface area (Å²) < 4.78 is 27.0. The van der Waals surface area contributed by atoms with E-state index in [1.807, 2.05) is 18.2 Å². The van der Waals surface area contributed by atoms with Gasteiger partial charge in [-0.1, -0.05) is 36.4 Å². The van der Waals surface area contributed by atoms with Gasteiger partial charge in [0.05, 0.1) is 28.4 Å². The van der Waals surface area contributed by atoms with E-state index >= 15 is 0 Å². The molecule has 0 fully saturated rings. The number of carboxylic acids is 1. The zero-order valence-corrected chi connectivity index (χ0v) is 22.1. The Kier molecular flexibility index (Phi) is 10.2. The lowest BCUT2D eigenvalue weighted by Gasteiger charge is -2.24. The number of methoxy groups -OCH3 is 4. The number of carboxylic acid groups (broad SMARTS) is 1. The number of carbonyl (C=O) groups excluding carboxylic acids is 1. The molecular weight excluding hydrogens is 490 g/mol. The van der Waals surface area contributed by atoms with Gasteiger partial charge in [0.25, 0.3) is 5.91 Å². The number of benzene rings is 3. The second kappa shape index (κ2) is 13.8. The maximum Gasteiger partial charge on any atom is 0.341 e. The van der Waals surface area contributed by atoms with Crippen LogP contribution in [0.5, 0.6) is 28.7 Å². The monoisotopic (exact) mass is 523 g/mol. The van der Waals surface area contributed by atoms with Crippen molar-refractivity contribution >= 4 is 11.9 Å². The third-order valence-corrected chi connectivity index (χ3v) is 5.89. The summed E-state index contributed by atoms with van der Waals surface area (Å²) in [4.78, 5) is 26.4. The van der Waals surface area contributed by atoms with E-state index in [2.05, 4.69) is 12.1 Å². The van der Waals surface area contributed by atoms with Crippen LogP contribution in [0, 0.1) is 0 Å². The molecule has 0 saturated carbocycles. The van der Waals surface area contributed by atoms with Crippen LogP contribution in [-0.2, 0) is 17.8 Å². The van der Waals surface area contributed by atoms with Crippen LogP contribution in [0.3, 0.4) is 0 Å². The Morgan fingerprint density at radius 1 is 0.763 bits per heavy atom. The van der Waals surface area contributed by atoms with Crippen molar-refractivity contribution < 1.29 is 38.4 Å². The number of ether oxygens (including phenoxy) is 5. The van der Waals surface area contributed by atoms with Gasteiger partial charge < -0.3 is 33.7 Å². The normalized spacial score (nSPS) is 10.4. The SMILES string of the molecule is COc1cc(CN(CCCc2ccccc2)C(=O)c2cc(OC)c(OC)c(OC)c2)ccc1OCC(=O)O. The standard InChI is InChI=1S/C29H33NO8/c1-34-24-15-21(12-13-23(24)38-19-27(31)32)18-30(14-8-11-20-9-6-5-7-10-20)29(33)22-16-25(35-2)28(37-4)26(17-22)36-3/h5-7,9-10,12-13,15-17H,8,11,14,18-19H2,1-4H3,(H,31,32). The Hall–Kier alpha value is -4.40. The van der Waals surface area contributed by atoms with Gasteiger partial charge in [-0.3, -0.25) is 4.79 Å². The highest BCUT2D eigenvalue weighted by Crippen LogP contribution is 2.38. The number of amides is 1. The quantitative estimate of drug-likeness (QED) is 0.330. The van der Waals surface area contributed by atoms with Crippen LogP contribution in [0.25, 0.3) is 0 Å². The molecule has 0 aliphatic carbocycles. The molecule has 0 saturated heterocycles. The molecule has 0 aliphatic rings. The number of rotatable bonds is 14. The topological polar surface area (TPSA) is 104 Å². The van der Waals surface area contributed by atoms with E-state index in [0.29, 0.717) is 47.4 Å². The summed E-state index contributed by atoms with van der Waals surface area (Å²) in [6.07, 6.45) is 1.56. The molecule has 202 valence electrons. The summed E-state index contributed by atoms with van der Waals surface area (Å²) in [5.74, 6) is 0.587. The van der Waals surface area contributed by atoms with Crippen molar-refractivity contribution in [1.29, 1.82) is 0 Å². The van der Waals surface area contributed by atoms with E-state index in [9.17, 15) is 9.59 Å². The molecule has 0 aliphatic heterocycles. The second-order valence-corrected chi connectivity index (χ2v) is 8.40. The zero-order valence-electron chi connectivity index (χ0n) is 22.1. The molecular formula is C29H33NO8. The first-order valence-corrected chi connectivity index (χ1v) is 12.0. The number of carbonyl (C=O) groups is 2. The van der Waals surface area contributed by atoms with Crippen molar-refractivity contribution in [2.24, 2.45) is 0 Å². The molecule has 3 rings (SSSR count). The minimum atomic E-state index is -1.09. The van der Waals surface area contributed by atoms with E-state index in [0.717, 1.165) is 18.4 Å². The summed E-state index contributed by atoms with van der Waals surface area (Å²) >= 11 is 0. The third kappa shape index (κ3) is 7.32. The Balaban J connectivity index is 1.89. The maximum absolute atomic E-state index is 13.8. The molecule has 38 heavy (non-hydrogen) atoms. The van der Waals surface area contributed by atoms with E-state index in [1.165, 1.54) is 34.0 Å². The number of nitrogens with zero attached hydrogens (tertiary/aromatic N) is 1.